The molecule has 0 aliphatic rings. The summed E-state index contributed by atoms with van der Waals surface area (Å²) in [6, 6.07) is 0. The van der Waals surface area contributed by atoms with Gasteiger partial charge in [-0.05, 0) is 20.8 Å². The van der Waals surface area contributed by atoms with Crippen molar-refractivity contribution in [3.63, 3.8) is 0 Å². The lowest BCUT2D eigenvalue weighted by molar-refractivity contribution is 0.503. The number of nitrogens with zero attached hydrogens (tertiary/aromatic N) is 3. The van der Waals surface area contributed by atoms with Crippen LogP contribution in [0.25, 0.3) is 22.6 Å². The van der Waals surface area contributed by atoms with Crippen LogP contribution in [0.5, 0.6) is 0 Å². The van der Waals surface area contributed by atoms with Crippen molar-refractivity contribution < 1.29 is 4.42 Å². The smallest absolute Gasteiger partial charge is 0.181 e. The second-order valence-corrected chi connectivity index (χ2v) is 4.06. The summed E-state index contributed by atoms with van der Waals surface area (Å²) >= 11 is 0. The standard InChI is InChI=1S/C12H12N4O/c1-6-7(2)17-8(3)10(6)12-15-9-4-13-5-14-11(9)16-12/h4-5H,1-3H3,(H,13,14,15,16). The Balaban J connectivity index is 2.27. The van der Waals surface area contributed by atoms with Crippen LogP contribution >= 0.6 is 0 Å². The van der Waals surface area contributed by atoms with E-state index in [2.05, 4.69) is 19.9 Å². The highest BCUT2D eigenvalue weighted by atomic mass is 16.3. The summed E-state index contributed by atoms with van der Waals surface area (Å²) in [4.78, 5) is 15.7. The Morgan fingerprint density at radius 3 is 2.65 bits per heavy atom. The molecule has 5 nitrogen and oxygen atoms in total. The number of nitrogens with one attached hydrogen (secondary N) is 1. The summed E-state index contributed by atoms with van der Waals surface area (Å²) in [5.41, 5.74) is 3.63. The summed E-state index contributed by atoms with van der Waals surface area (Å²) < 4.78 is 5.60. The van der Waals surface area contributed by atoms with E-state index in [0.29, 0.717) is 5.65 Å². The number of H-pyrrole nitrogens is 1. The van der Waals surface area contributed by atoms with Crippen LogP contribution in [0.3, 0.4) is 0 Å². The van der Waals surface area contributed by atoms with Crippen LogP contribution in [0.15, 0.2) is 16.9 Å². The Labute approximate surface area is 97.9 Å². The van der Waals surface area contributed by atoms with Gasteiger partial charge in [0, 0.05) is 5.56 Å². The molecule has 0 fully saturated rings. The molecule has 3 aromatic heterocycles. The highest BCUT2D eigenvalue weighted by molar-refractivity contribution is 5.76. The molecule has 0 saturated carbocycles. The van der Waals surface area contributed by atoms with Crippen molar-refractivity contribution in [2.45, 2.75) is 20.8 Å². The molecular formula is C12H12N4O. The molecule has 0 aromatic carbocycles. The molecule has 3 heterocycles. The highest BCUT2D eigenvalue weighted by Crippen LogP contribution is 2.30. The third-order valence-electron chi connectivity index (χ3n) is 2.96. The van der Waals surface area contributed by atoms with Crippen molar-refractivity contribution in [3.05, 3.63) is 29.6 Å². The molecule has 0 saturated heterocycles. The van der Waals surface area contributed by atoms with E-state index in [9.17, 15) is 0 Å². The van der Waals surface area contributed by atoms with E-state index in [0.717, 1.165) is 34.0 Å². The van der Waals surface area contributed by atoms with E-state index in [4.69, 9.17) is 4.42 Å². The molecule has 0 atom stereocenters. The average Bonchev–Trinajstić information content (AvgIpc) is 2.81. The van der Waals surface area contributed by atoms with Crippen LogP contribution in [-0.2, 0) is 0 Å². The van der Waals surface area contributed by atoms with Gasteiger partial charge in [0.1, 0.15) is 29.2 Å². The molecule has 3 rings (SSSR count). The number of hydrogen-bond acceptors (Lipinski definition) is 4. The fraction of sp³-hybridized carbons (Fsp3) is 0.250. The Morgan fingerprint density at radius 2 is 2.00 bits per heavy atom. The number of furan rings is 1. The fourth-order valence-electron chi connectivity index (χ4n) is 2.02. The van der Waals surface area contributed by atoms with Gasteiger partial charge in [-0.25, -0.2) is 15.0 Å². The van der Waals surface area contributed by atoms with Crippen LogP contribution in [0.1, 0.15) is 17.1 Å². The zero-order chi connectivity index (χ0) is 12.0. The van der Waals surface area contributed by atoms with Crippen molar-refractivity contribution >= 4 is 11.2 Å². The predicted molar refractivity (Wildman–Crippen MR) is 63.6 cm³/mol. The van der Waals surface area contributed by atoms with Crippen LogP contribution in [0.2, 0.25) is 0 Å². The molecule has 0 radical (unpaired) electrons. The molecule has 3 aromatic rings. The van der Waals surface area contributed by atoms with E-state index >= 15 is 0 Å². The first kappa shape index (κ1) is 10.0. The van der Waals surface area contributed by atoms with Crippen LogP contribution < -0.4 is 0 Å². The van der Waals surface area contributed by atoms with Crippen molar-refractivity contribution in [1.29, 1.82) is 0 Å². The largest absolute Gasteiger partial charge is 0.466 e. The Bertz CT molecular complexity index is 663. The molecule has 86 valence electrons. The molecule has 0 unspecified atom stereocenters. The Hall–Kier alpha value is -2.17. The molecule has 0 bridgehead atoms. The number of imidazole rings is 1. The molecule has 0 spiro atoms. The second kappa shape index (κ2) is 3.41. The van der Waals surface area contributed by atoms with E-state index < -0.39 is 0 Å². The zero-order valence-electron chi connectivity index (χ0n) is 9.90. The summed E-state index contributed by atoms with van der Waals surface area (Å²) in [7, 11) is 0. The minimum absolute atomic E-state index is 0.674. The number of rotatable bonds is 1. The van der Waals surface area contributed by atoms with Crippen molar-refractivity contribution in [1.82, 2.24) is 19.9 Å². The monoisotopic (exact) mass is 228 g/mol. The van der Waals surface area contributed by atoms with Crippen LogP contribution in [0.4, 0.5) is 0 Å². The Morgan fingerprint density at radius 1 is 1.18 bits per heavy atom. The van der Waals surface area contributed by atoms with E-state index in [1.165, 1.54) is 6.33 Å². The lowest BCUT2D eigenvalue weighted by Gasteiger charge is -1.94. The summed E-state index contributed by atoms with van der Waals surface area (Å²) in [5, 5.41) is 0. The highest BCUT2D eigenvalue weighted by Gasteiger charge is 2.16. The van der Waals surface area contributed by atoms with Gasteiger partial charge in [-0.15, -0.1) is 0 Å². The second-order valence-electron chi connectivity index (χ2n) is 4.06. The van der Waals surface area contributed by atoms with E-state index in [-0.39, 0.29) is 0 Å². The van der Waals surface area contributed by atoms with Crippen molar-refractivity contribution in [2.24, 2.45) is 0 Å². The summed E-state index contributed by atoms with van der Waals surface area (Å²) in [6.45, 7) is 5.92. The topological polar surface area (TPSA) is 67.6 Å². The van der Waals surface area contributed by atoms with Gasteiger partial charge in [0.25, 0.3) is 0 Å². The van der Waals surface area contributed by atoms with E-state index in [1.807, 2.05) is 20.8 Å². The summed E-state index contributed by atoms with van der Waals surface area (Å²) in [6.07, 6.45) is 3.21. The normalized spacial score (nSPS) is 11.2. The van der Waals surface area contributed by atoms with Gasteiger partial charge in [-0.2, -0.15) is 0 Å². The molecule has 5 heteroatoms. The molecule has 1 N–H and O–H groups in total. The molecule has 17 heavy (non-hydrogen) atoms. The van der Waals surface area contributed by atoms with Crippen LogP contribution in [0, 0.1) is 20.8 Å². The van der Waals surface area contributed by atoms with Gasteiger partial charge in [-0.1, -0.05) is 0 Å². The number of hydrogen-bond donors (Lipinski definition) is 1. The zero-order valence-corrected chi connectivity index (χ0v) is 9.90. The maximum atomic E-state index is 5.60. The number of aromatic amines is 1. The van der Waals surface area contributed by atoms with Gasteiger partial charge in [-0.3, -0.25) is 0 Å². The molecule has 0 aliphatic heterocycles. The first-order valence-electron chi connectivity index (χ1n) is 5.39. The number of aryl methyl sites for hydroxylation is 2. The minimum atomic E-state index is 0.674. The maximum absolute atomic E-state index is 5.60. The molecule has 0 amide bonds. The predicted octanol–water partition coefficient (Wildman–Crippen LogP) is 2.54. The van der Waals surface area contributed by atoms with E-state index in [1.54, 1.807) is 6.20 Å². The third kappa shape index (κ3) is 1.43. The lowest BCUT2D eigenvalue weighted by atomic mass is 10.1. The molecular weight excluding hydrogens is 216 g/mol. The van der Waals surface area contributed by atoms with Crippen LogP contribution in [-0.4, -0.2) is 19.9 Å². The first-order valence-corrected chi connectivity index (χ1v) is 5.39. The van der Waals surface area contributed by atoms with Gasteiger partial charge >= 0.3 is 0 Å². The molecule has 0 aliphatic carbocycles. The van der Waals surface area contributed by atoms with Gasteiger partial charge < -0.3 is 9.40 Å². The maximum Gasteiger partial charge on any atom is 0.181 e. The lowest BCUT2D eigenvalue weighted by Crippen LogP contribution is -1.83. The van der Waals surface area contributed by atoms with Crippen molar-refractivity contribution in [3.8, 4) is 11.4 Å². The SMILES string of the molecule is Cc1oc(C)c(-c2nc3ncncc3[nH]2)c1C. The quantitative estimate of drug-likeness (QED) is 0.695. The van der Waals surface area contributed by atoms with Gasteiger partial charge in [0.15, 0.2) is 5.65 Å². The average molecular weight is 228 g/mol. The third-order valence-corrected chi connectivity index (χ3v) is 2.96. The summed E-state index contributed by atoms with van der Waals surface area (Å²) in [5.74, 6) is 2.57. The van der Waals surface area contributed by atoms with Gasteiger partial charge in [0.05, 0.1) is 11.8 Å². The Kier molecular flexibility index (Phi) is 2.01. The minimum Gasteiger partial charge on any atom is -0.466 e. The van der Waals surface area contributed by atoms with Gasteiger partial charge in [0.2, 0.25) is 0 Å². The number of fused-ring (bicyclic) bond motifs is 1. The first-order chi connectivity index (χ1) is 8.16. The number of aromatic nitrogens is 4. The fourth-order valence-corrected chi connectivity index (χ4v) is 2.02. The van der Waals surface area contributed by atoms with Crippen molar-refractivity contribution in [2.75, 3.05) is 0 Å².